The summed E-state index contributed by atoms with van der Waals surface area (Å²) in [7, 11) is 1.33. The van der Waals surface area contributed by atoms with Crippen LogP contribution >= 0.6 is 0 Å². The second kappa shape index (κ2) is 6.47. The van der Waals surface area contributed by atoms with E-state index in [4.69, 9.17) is 18.9 Å². The summed E-state index contributed by atoms with van der Waals surface area (Å²) >= 11 is 0. The molecule has 0 aromatic heterocycles. The predicted molar refractivity (Wildman–Crippen MR) is 92.6 cm³/mol. The molecule has 2 aromatic rings. The summed E-state index contributed by atoms with van der Waals surface area (Å²) in [5.41, 5.74) is -0.890. The first-order valence-electron chi connectivity index (χ1n) is 8.32. The van der Waals surface area contributed by atoms with E-state index in [1.807, 2.05) is 0 Å². The van der Waals surface area contributed by atoms with Crippen molar-refractivity contribution in [3.05, 3.63) is 39.4 Å². The van der Waals surface area contributed by atoms with E-state index in [2.05, 4.69) is 0 Å². The van der Waals surface area contributed by atoms with Crippen LogP contribution in [0.4, 0.5) is 0 Å². The van der Waals surface area contributed by atoms with Gasteiger partial charge < -0.3 is 34.3 Å². The number of rotatable bonds is 3. The highest BCUT2D eigenvalue weighted by atomic mass is 16.6. The number of phenols is 1. The first kappa shape index (κ1) is 18.7. The Bertz CT molecular complexity index is 1100. The van der Waals surface area contributed by atoms with Crippen LogP contribution < -0.4 is 14.2 Å². The second-order valence-corrected chi connectivity index (χ2v) is 6.31. The summed E-state index contributed by atoms with van der Waals surface area (Å²) < 4.78 is 21.0. The molecule has 0 bridgehead atoms. The number of aliphatic hydroxyl groups excluding tert-OH is 2. The molecule has 3 N–H and O–H groups in total. The Morgan fingerprint density at radius 1 is 1.14 bits per heavy atom. The fourth-order valence-electron chi connectivity index (χ4n) is 3.43. The Morgan fingerprint density at radius 3 is 2.48 bits per heavy atom. The molecule has 1 atom stereocenters. The van der Waals surface area contributed by atoms with E-state index in [0.29, 0.717) is 11.8 Å². The van der Waals surface area contributed by atoms with Crippen molar-refractivity contribution < 1.29 is 48.7 Å². The molecule has 2 aromatic carbocycles. The summed E-state index contributed by atoms with van der Waals surface area (Å²) in [5.74, 6) is -3.55. The molecule has 0 radical (unpaired) electrons. The topological polar surface area (TPSA) is 149 Å². The quantitative estimate of drug-likeness (QED) is 0.392. The minimum Gasteiger partial charge on any atom is -0.507 e. The number of fused-ring (bicyclic) bond motifs is 4. The first-order valence-corrected chi connectivity index (χ1v) is 8.32. The van der Waals surface area contributed by atoms with Crippen LogP contribution in [0.3, 0.4) is 0 Å². The van der Waals surface area contributed by atoms with Gasteiger partial charge in [0.15, 0.2) is 23.5 Å². The van der Waals surface area contributed by atoms with E-state index in [9.17, 15) is 29.7 Å². The molecule has 2 aliphatic rings. The highest BCUT2D eigenvalue weighted by Gasteiger charge is 2.43. The molecule has 0 aliphatic carbocycles. The largest absolute Gasteiger partial charge is 0.507 e. The van der Waals surface area contributed by atoms with Crippen molar-refractivity contribution >= 4 is 18.2 Å². The predicted octanol–water partition coefficient (Wildman–Crippen LogP) is 1.50. The van der Waals surface area contributed by atoms with Crippen molar-refractivity contribution in [2.75, 3.05) is 7.11 Å². The zero-order valence-electron chi connectivity index (χ0n) is 15.1. The molecule has 10 heteroatoms. The van der Waals surface area contributed by atoms with Gasteiger partial charge in [0.25, 0.3) is 0 Å². The van der Waals surface area contributed by atoms with Gasteiger partial charge in [0.1, 0.15) is 22.6 Å². The molecule has 0 unspecified atom stereocenters. The third-order valence-corrected chi connectivity index (χ3v) is 4.76. The summed E-state index contributed by atoms with van der Waals surface area (Å²) in [4.78, 5) is 36.6. The number of carbonyl (C=O) groups excluding carboxylic acids is 3. The van der Waals surface area contributed by atoms with Gasteiger partial charge in [-0.25, -0.2) is 9.59 Å². The highest BCUT2D eigenvalue weighted by Crippen LogP contribution is 2.53. The Balaban J connectivity index is 2.11. The number of aliphatic hydroxyl groups is 2. The molecule has 0 fully saturated rings. The zero-order chi connectivity index (χ0) is 21.0. The smallest absolute Gasteiger partial charge is 0.347 e. The van der Waals surface area contributed by atoms with Gasteiger partial charge in [-0.15, -0.1) is 0 Å². The first-order chi connectivity index (χ1) is 13.8. The minimum absolute atomic E-state index is 0.0963. The number of benzene rings is 2. The van der Waals surface area contributed by atoms with Gasteiger partial charge in [0.05, 0.1) is 30.4 Å². The van der Waals surface area contributed by atoms with Gasteiger partial charge in [0, 0.05) is 0 Å². The third kappa shape index (κ3) is 2.46. The van der Waals surface area contributed by atoms with Crippen molar-refractivity contribution in [3.8, 4) is 28.7 Å². The van der Waals surface area contributed by atoms with E-state index in [0.717, 1.165) is 0 Å². The average Bonchev–Trinajstić information content (AvgIpc) is 2.88. The van der Waals surface area contributed by atoms with Crippen molar-refractivity contribution in [2.24, 2.45) is 0 Å². The maximum Gasteiger partial charge on any atom is 0.347 e. The van der Waals surface area contributed by atoms with E-state index in [1.165, 1.54) is 13.2 Å². The van der Waals surface area contributed by atoms with E-state index in [1.54, 1.807) is 6.92 Å². The zero-order valence-corrected chi connectivity index (χ0v) is 15.1. The average molecular weight is 402 g/mol. The molecule has 2 heterocycles. The Labute approximate surface area is 162 Å². The standard InChI is InChI=1S/C19H14O10/c1-6-3-9(26-2)7(4-20)14-10(6)17(23)28-15-8(5-21)13(22)11-12(16(15)27-14)19(25)29-18(11)24/h3-4,19,21-22,25H,5H2,1-2H3/t19-/m0/s1. The van der Waals surface area contributed by atoms with Gasteiger partial charge in [0.2, 0.25) is 6.29 Å². The Kier molecular flexibility index (Phi) is 4.17. The monoisotopic (exact) mass is 402 g/mol. The van der Waals surface area contributed by atoms with Crippen molar-refractivity contribution in [1.29, 1.82) is 0 Å². The van der Waals surface area contributed by atoms with E-state index < -0.39 is 41.9 Å². The van der Waals surface area contributed by atoms with Crippen LogP contribution in [-0.4, -0.2) is 40.7 Å². The summed E-state index contributed by atoms with van der Waals surface area (Å²) in [5, 5.41) is 30.2. The number of methoxy groups -OCH3 is 1. The maximum atomic E-state index is 12.8. The molecule has 0 saturated heterocycles. The van der Waals surface area contributed by atoms with Gasteiger partial charge in [-0.1, -0.05) is 0 Å². The fraction of sp³-hybridized carbons (Fsp3) is 0.211. The molecule has 29 heavy (non-hydrogen) atoms. The number of carbonyl (C=O) groups is 3. The van der Waals surface area contributed by atoms with Gasteiger partial charge >= 0.3 is 11.9 Å². The van der Waals surface area contributed by atoms with E-state index >= 15 is 0 Å². The van der Waals surface area contributed by atoms with Crippen molar-refractivity contribution in [2.45, 2.75) is 19.8 Å². The van der Waals surface area contributed by atoms with Gasteiger partial charge in [-0.2, -0.15) is 0 Å². The number of aromatic hydroxyl groups is 1. The van der Waals surface area contributed by atoms with Crippen LogP contribution in [0.2, 0.25) is 0 Å². The normalized spacial score (nSPS) is 16.6. The maximum absolute atomic E-state index is 12.8. The van der Waals surface area contributed by atoms with Crippen LogP contribution in [0.15, 0.2) is 6.07 Å². The second-order valence-electron chi connectivity index (χ2n) is 6.31. The molecule has 0 saturated carbocycles. The van der Waals surface area contributed by atoms with Crippen molar-refractivity contribution in [1.82, 2.24) is 0 Å². The number of ether oxygens (including phenoxy) is 4. The SMILES string of the molecule is COc1cc(C)c2c(c1C=O)Oc1c(c(CO)c(O)c3c1[C@@H](O)OC3=O)OC2=O. The summed E-state index contributed by atoms with van der Waals surface area (Å²) in [6, 6.07) is 1.44. The van der Waals surface area contributed by atoms with Gasteiger partial charge in [-0.05, 0) is 18.6 Å². The number of esters is 2. The van der Waals surface area contributed by atoms with E-state index in [-0.39, 0.29) is 39.5 Å². The van der Waals surface area contributed by atoms with Crippen LogP contribution in [0.1, 0.15) is 54.1 Å². The summed E-state index contributed by atoms with van der Waals surface area (Å²) in [6.07, 6.45) is -1.40. The van der Waals surface area contributed by atoms with Crippen LogP contribution in [0.5, 0.6) is 28.7 Å². The lowest BCUT2D eigenvalue weighted by atomic mass is 10.0. The Hall–Kier alpha value is -3.63. The van der Waals surface area contributed by atoms with Crippen molar-refractivity contribution in [3.63, 3.8) is 0 Å². The van der Waals surface area contributed by atoms with Crippen LogP contribution in [-0.2, 0) is 11.3 Å². The number of hydrogen-bond donors (Lipinski definition) is 3. The van der Waals surface area contributed by atoms with Crippen LogP contribution in [0.25, 0.3) is 0 Å². The number of hydrogen-bond acceptors (Lipinski definition) is 10. The molecular weight excluding hydrogens is 388 g/mol. The van der Waals surface area contributed by atoms with Gasteiger partial charge in [-0.3, -0.25) is 4.79 Å². The minimum atomic E-state index is -1.82. The molecule has 4 rings (SSSR count). The number of cyclic esters (lactones) is 1. The summed E-state index contributed by atoms with van der Waals surface area (Å²) in [6.45, 7) is 0.744. The lowest BCUT2D eigenvalue weighted by Gasteiger charge is -2.17. The molecule has 0 amide bonds. The van der Waals surface area contributed by atoms with Crippen LogP contribution in [0, 0.1) is 6.92 Å². The lowest BCUT2D eigenvalue weighted by Crippen LogP contribution is -2.12. The molecule has 150 valence electrons. The number of aldehydes is 1. The fourth-order valence-corrected chi connectivity index (χ4v) is 3.43. The Morgan fingerprint density at radius 2 is 1.86 bits per heavy atom. The lowest BCUT2D eigenvalue weighted by molar-refractivity contribution is -0.0555. The third-order valence-electron chi connectivity index (χ3n) is 4.76. The number of aryl methyl sites for hydroxylation is 1. The molecule has 10 nitrogen and oxygen atoms in total. The highest BCUT2D eigenvalue weighted by molar-refractivity contribution is 6.03. The molecule has 2 aliphatic heterocycles. The molecular formula is C19H14O10. The molecule has 0 spiro atoms.